The van der Waals surface area contributed by atoms with E-state index < -0.39 is 0 Å². The zero-order valence-electron chi connectivity index (χ0n) is 11.1. The first-order chi connectivity index (χ1) is 9.42. The predicted octanol–water partition coefficient (Wildman–Crippen LogP) is 1.93. The van der Waals surface area contributed by atoms with Gasteiger partial charge < -0.3 is 10.6 Å². The van der Waals surface area contributed by atoms with Crippen LogP contribution in [0.25, 0.3) is 5.69 Å². The van der Waals surface area contributed by atoms with E-state index in [-0.39, 0.29) is 24.0 Å². The van der Waals surface area contributed by atoms with E-state index >= 15 is 0 Å². The summed E-state index contributed by atoms with van der Waals surface area (Å²) in [6.45, 7) is 2.57. The van der Waals surface area contributed by atoms with Gasteiger partial charge in [-0.1, -0.05) is 18.2 Å². The average Bonchev–Trinajstić information content (AvgIpc) is 2.96. The Morgan fingerprint density at radius 1 is 1.20 bits per heavy atom. The molecule has 3 rings (SSSR count). The van der Waals surface area contributed by atoms with E-state index in [1.165, 1.54) is 0 Å². The number of rotatable bonds is 3. The fourth-order valence-electron chi connectivity index (χ4n) is 2.01. The van der Waals surface area contributed by atoms with Crippen molar-refractivity contribution >= 4 is 29.9 Å². The van der Waals surface area contributed by atoms with Crippen LogP contribution in [0, 0.1) is 0 Å². The van der Waals surface area contributed by atoms with Crippen molar-refractivity contribution in [1.82, 2.24) is 20.4 Å². The minimum atomic E-state index is 0. The largest absolute Gasteiger partial charge is 0.356 e. The van der Waals surface area contributed by atoms with Crippen LogP contribution in [-0.2, 0) is 6.54 Å². The van der Waals surface area contributed by atoms with Crippen LogP contribution in [0.5, 0.6) is 0 Å². The molecule has 1 aliphatic rings. The lowest BCUT2D eigenvalue weighted by atomic mass is 10.3. The van der Waals surface area contributed by atoms with Crippen molar-refractivity contribution in [3.63, 3.8) is 0 Å². The van der Waals surface area contributed by atoms with Gasteiger partial charge in [-0.25, -0.2) is 4.68 Å². The summed E-state index contributed by atoms with van der Waals surface area (Å²) >= 11 is 0. The van der Waals surface area contributed by atoms with Crippen molar-refractivity contribution in [3.05, 3.63) is 48.3 Å². The number of guanidine groups is 1. The third-order valence-electron chi connectivity index (χ3n) is 3.00. The molecular formula is C14H18IN5. The first-order valence-corrected chi connectivity index (χ1v) is 6.54. The van der Waals surface area contributed by atoms with Gasteiger partial charge in [0.2, 0.25) is 0 Å². The molecular weight excluding hydrogens is 365 g/mol. The summed E-state index contributed by atoms with van der Waals surface area (Å²) in [5.74, 6) is 0.875. The van der Waals surface area contributed by atoms with E-state index in [0.717, 1.165) is 36.9 Å². The van der Waals surface area contributed by atoms with Gasteiger partial charge in [-0.2, -0.15) is 5.10 Å². The first-order valence-electron chi connectivity index (χ1n) is 6.54. The van der Waals surface area contributed by atoms with Crippen LogP contribution < -0.4 is 10.6 Å². The second kappa shape index (κ2) is 7.28. The Hall–Kier alpha value is -1.57. The van der Waals surface area contributed by atoms with Crippen molar-refractivity contribution in [2.24, 2.45) is 4.99 Å². The minimum Gasteiger partial charge on any atom is -0.356 e. The number of para-hydroxylation sites is 1. The number of hydrogen-bond acceptors (Lipinski definition) is 4. The molecule has 0 spiro atoms. The van der Waals surface area contributed by atoms with Crippen LogP contribution in [-0.4, -0.2) is 28.8 Å². The topological polar surface area (TPSA) is 54.2 Å². The third kappa shape index (κ3) is 3.72. The maximum Gasteiger partial charge on any atom is 0.191 e. The van der Waals surface area contributed by atoms with Gasteiger partial charge in [-0.15, -0.1) is 24.0 Å². The van der Waals surface area contributed by atoms with E-state index in [1.807, 2.05) is 47.3 Å². The Balaban J connectivity index is 0.00000147. The molecule has 1 aromatic heterocycles. The summed E-state index contributed by atoms with van der Waals surface area (Å²) < 4.78 is 1.88. The molecule has 2 N–H and O–H groups in total. The van der Waals surface area contributed by atoms with E-state index in [1.54, 1.807) is 0 Å². The maximum atomic E-state index is 4.54. The lowest BCUT2D eigenvalue weighted by molar-refractivity contribution is 0.695. The van der Waals surface area contributed by atoms with Gasteiger partial charge in [-0.3, -0.25) is 4.99 Å². The van der Waals surface area contributed by atoms with Gasteiger partial charge in [0, 0.05) is 19.3 Å². The molecule has 5 nitrogen and oxygen atoms in total. The predicted molar refractivity (Wildman–Crippen MR) is 90.7 cm³/mol. The molecule has 0 amide bonds. The second-order valence-electron chi connectivity index (χ2n) is 4.45. The van der Waals surface area contributed by atoms with Crippen LogP contribution >= 0.6 is 24.0 Å². The zero-order valence-corrected chi connectivity index (χ0v) is 13.5. The Labute approximate surface area is 135 Å². The highest BCUT2D eigenvalue weighted by molar-refractivity contribution is 14.0. The summed E-state index contributed by atoms with van der Waals surface area (Å²) in [6, 6.07) is 12.1. The molecule has 2 heterocycles. The summed E-state index contributed by atoms with van der Waals surface area (Å²) in [5.41, 5.74) is 2.07. The molecule has 0 bridgehead atoms. The highest BCUT2D eigenvalue weighted by Gasteiger charge is 2.05. The van der Waals surface area contributed by atoms with Gasteiger partial charge in [0.25, 0.3) is 0 Å². The fraction of sp³-hybridized carbons (Fsp3) is 0.286. The van der Waals surface area contributed by atoms with Crippen molar-refractivity contribution in [2.45, 2.75) is 13.0 Å². The lowest BCUT2D eigenvalue weighted by Crippen LogP contribution is -2.40. The van der Waals surface area contributed by atoms with Gasteiger partial charge in [0.15, 0.2) is 5.96 Å². The number of aliphatic imine (C=N–C) groups is 1. The van der Waals surface area contributed by atoms with Crippen LogP contribution in [0.15, 0.2) is 47.6 Å². The van der Waals surface area contributed by atoms with Gasteiger partial charge in [0.05, 0.1) is 17.9 Å². The molecule has 2 aromatic rings. The Morgan fingerprint density at radius 2 is 2.05 bits per heavy atom. The summed E-state index contributed by atoms with van der Waals surface area (Å²) in [4.78, 5) is 4.37. The van der Waals surface area contributed by atoms with Gasteiger partial charge >= 0.3 is 0 Å². The maximum absolute atomic E-state index is 4.54. The summed E-state index contributed by atoms with van der Waals surface area (Å²) in [5, 5.41) is 11.0. The van der Waals surface area contributed by atoms with Gasteiger partial charge in [-0.05, 0) is 24.6 Å². The van der Waals surface area contributed by atoms with Crippen molar-refractivity contribution < 1.29 is 0 Å². The molecule has 20 heavy (non-hydrogen) atoms. The normalized spacial score (nSPS) is 13.9. The minimum absolute atomic E-state index is 0. The Kier molecular flexibility index (Phi) is 5.40. The van der Waals surface area contributed by atoms with Crippen molar-refractivity contribution in [3.8, 4) is 5.69 Å². The SMILES string of the molecule is I.c1ccc(-n2ccc(CNC3=NCCCN3)n2)cc1. The Morgan fingerprint density at radius 3 is 2.80 bits per heavy atom. The quantitative estimate of drug-likeness (QED) is 0.797. The van der Waals surface area contributed by atoms with Crippen molar-refractivity contribution in [2.75, 3.05) is 13.1 Å². The monoisotopic (exact) mass is 383 g/mol. The van der Waals surface area contributed by atoms with E-state index in [9.17, 15) is 0 Å². The standard InChI is InChI=1S/C14H17N5.HI/c1-2-5-13(6-3-1)19-10-7-12(18-19)11-17-14-15-8-4-9-16-14;/h1-3,5-7,10H,4,8-9,11H2,(H2,15,16,17);1H. The van der Waals surface area contributed by atoms with Crippen LogP contribution in [0.2, 0.25) is 0 Å². The molecule has 0 radical (unpaired) electrons. The Bertz CT molecular complexity index is 564. The van der Waals surface area contributed by atoms with Crippen LogP contribution in [0.1, 0.15) is 12.1 Å². The molecule has 0 saturated carbocycles. The summed E-state index contributed by atoms with van der Waals surface area (Å²) in [7, 11) is 0. The smallest absolute Gasteiger partial charge is 0.191 e. The number of hydrogen-bond donors (Lipinski definition) is 2. The van der Waals surface area contributed by atoms with E-state index in [4.69, 9.17) is 0 Å². The average molecular weight is 383 g/mol. The lowest BCUT2D eigenvalue weighted by Gasteiger charge is -2.15. The molecule has 1 aromatic carbocycles. The fourth-order valence-corrected chi connectivity index (χ4v) is 2.01. The molecule has 1 aliphatic heterocycles. The second-order valence-corrected chi connectivity index (χ2v) is 4.45. The molecule has 0 atom stereocenters. The number of nitrogens with one attached hydrogen (secondary N) is 2. The molecule has 6 heteroatoms. The molecule has 0 aliphatic carbocycles. The molecule has 0 fully saturated rings. The zero-order chi connectivity index (χ0) is 12.9. The number of nitrogens with zero attached hydrogens (tertiary/aromatic N) is 3. The number of benzene rings is 1. The molecule has 0 unspecified atom stereocenters. The highest BCUT2D eigenvalue weighted by Crippen LogP contribution is 2.06. The molecule has 0 saturated heterocycles. The van der Waals surface area contributed by atoms with Gasteiger partial charge in [0.1, 0.15) is 0 Å². The summed E-state index contributed by atoms with van der Waals surface area (Å²) in [6.07, 6.45) is 3.08. The van der Waals surface area contributed by atoms with Crippen LogP contribution in [0.4, 0.5) is 0 Å². The third-order valence-corrected chi connectivity index (χ3v) is 3.00. The molecule has 106 valence electrons. The van der Waals surface area contributed by atoms with Crippen LogP contribution in [0.3, 0.4) is 0 Å². The van der Waals surface area contributed by atoms with Crippen molar-refractivity contribution in [1.29, 1.82) is 0 Å². The number of aromatic nitrogens is 2. The number of halogens is 1. The van der Waals surface area contributed by atoms with E-state index in [0.29, 0.717) is 6.54 Å². The highest BCUT2D eigenvalue weighted by atomic mass is 127. The van der Waals surface area contributed by atoms with E-state index in [2.05, 4.69) is 20.7 Å². The first kappa shape index (κ1) is 14.8.